The molecule has 0 saturated carbocycles. The second kappa shape index (κ2) is 6.77. The van der Waals surface area contributed by atoms with E-state index in [2.05, 4.69) is 44.7 Å². The highest BCUT2D eigenvalue weighted by Gasteiger charge is 2.12. The Hall–Kier alpha value is -0.860. The minimum atomic E-state index is -0.345. The van der Waals surface area contributed by atoms with E-state index in [9.17, 15) is 5.11 Å². The number of aryl methyl sites for hydroxylation is 1. The summed E-state index contributed by atoms with van der Waals surface area (Å²) in [5, 5.41) is 10.1. The van der Waals surface area contributed by atoms with Gasteiger partial charge in [-0.05, 0) is 39.3 Å². The molecule has 1 N–H and O–H groups in total. The first-order chi connectivity index (χ1) is 8.04. The molecule has 2 nitrogen and oxygen atoms in total. The second-order valence-electron chi connectivity index (χ2n) is 4.94. The first kappa shape index (κ1) is 14.2. The molecule has 0 bridgehead atoms. The van der Waals surface area contributed by atoms with E-state index in [0.29, 0.717) is 6.04 Å². The van der Waals surface area contributed by atoms with E-state index < -0.39 is 0 Å². The van der Waals surface area contributed by atoms with Gasteiger partial charge in [0.1, 0.15) is 0 Å². The van der Waals surface area contributed by atoms with E-state index in [1.807, 2.05) is 12.1 Å². The van der Waals surface area contributed by atoms with Crippen LogP contribution >= 0.6 is 0 Å². The number of aliphatic hydroxyl groups excluding tert-OH is 1. The van der Waals surface area contributed by atoms with Gasteiger partial charge in [0, 0.05) is 12.6 Å². The van der Waals surface area contributed by atoms with Crippen LogP contribution in [0.3, 0.4) is 0 Å². The summed E-state index contributed by atoms with van der Waals surface area (Å²) in [5.74, 6) is 0. The average molecular weight is 235 g/mol. The third-order valence-corrected chi connectivity index (χ3v) is 3.25. The molecular formula is C15H25NO. The number of nitrogens with zero attached hydrogens (tertiary/aromatic N) is 1. The Bertz CT molecular complexity index is 335. The van der Waals surface area contributed by atoms with Crippen LogP contribution in [0.15, 0.2) is 24.3 Å². The Kier molecular flexibility index (Phi) is 5.66. The van der Waals surface area contributed by atoms with Crippen LogP contribution in [0.5, 0.6) is 0 Å². The van der Waals surface area contributed by atoms with Crippen LogP contribution in [0.1, 0.15) is 44.4 Å². The van der Waals surface area contributed by atoms with Gasteiger partial charge in [0.15, 0.2) is 0 Å². The van der Waals surface area contributed by atoms with E-state index in [1.165, 1.54) is 5.56 Å². The fraction of sp³-hybridized carbons (Fsp3) is 0.600. The Morgan fingerprint density at radius 1 is 1.29 bits per heavy atom. The Labute approximate surface area is 105 Å². The number of hydrogen-bond acceptors (Lipinski definition) is 2. The molecular weight excluding hydrogens is 210 g/mol. The molecule has 0 amide bonds. The standard InChI is InChI=1S/C15H25NO/c1-5-16(12(2)3)10-9-15(17)14-8-6-7-13(4)11-14/h6-8,11-12,15,17H,5,9-10H2,1-4H3. The van der Waals surface area contributed by atoms with Crippen molar-refractivity contribution in [2.75, 3.05) is 13.1 Å². The summed E-state index contributed by atoms with van der Waals surface area (Å²) in [4.78, 5) is 2.37. The number of benzene rings is 1. The molecule has 0 heterocycles. The second-order valence-corrected chi connectivity index (χ2v) is 4.94. The van der Waals surface area contributed by atoms with Gasteiger partial charge < -0.3 is 10.0 Å². The van der Waals surface area contributed by atoms with Gasteiger partial charge in [0.2, 0.25) is 0 Å². The van der Waals surface area contributed by atoms with Gasteiger partial charge in [-0.25, -0.2) is 0 Å². The molecule has 1 aromatic rings. The van der Waals surface area contributed by atoms with Crippen LogP contribution < -0.4 is 0 Å². The molecule has 1 rings (SSSR count). The molecule has 1 atom stereocenters. The van der Waals surface area contributed by atoms with Gasteiger partial charge in [-0.2, -0.15) is 0 Å². The normalized spacial score (nSPS) is 13.4. The van der Waals surface area contributed by atoms with Crippen molar-refractivity contribution in [2.45, 2.75) is 46.3 Å². The van der Waals surface area contributed by atoms with Crippen molar-refractivity contribution < 1.29 is 5.11 Å². The van der Waals surface area contributed by atoms with Crippen molar-refractivity contribution in [2.24, 2.45) is 0 Å². The lowest BCUT2D eigenvalue weighted by Gasteiger charge is -2.25. The van der Waals surface area contributed by atoms with Crippen LogP contribution in [0.25, 0.3) is 0 Å². The van der Waals surface area contributed by atoms with Gasteiger partial charge in [-0.3, -0.25) is 0 Å². The summed E-state index contributed by atoms with van der Waals surface area (Å²) >= 11 is 0. The largest absolute Gasteiger partial charge is 0.388 e. The Balaban J connectivity index is 2.52. The van der Waals surface area contributed by atoms with Crippen molar-refractivity contribution in [1.82, 2.24) is 4.90 Å². The van der Waals surface area contributed by atoms with Gasteiger partial charge in [-0.15, -0.1) is 0 Å². The van der Waals surface area contributed by atoms with Crippen molar-refractivity contribution in [1.29, 1.82) is 0 Å². The zero-order valence-electron chi connectivity index (χ0n) is 11.5. The molecule has 0 spiro atoms. The molecule has 2 heteroatoms. The van der Waals surface area contributed by atoms with Gasteiger partial charge in [0.05, 0.1) is 6.10 Å². The lowest BCUT2D eigenvalue weighted by Crippen LogP contribution is -2.32. The summed E-state index contributed by atoms with van der Waals surface area (Å²) in [6.45, 7) is 10.6. The average Bonchev–Trinajstić information content (AvgIpc) is 2.29. The molecule has 0 saturated heterocycles. The monoisotopic (exact) mass is 235 g/mol. The fourth-order valence-corrected chi connectivity index (χ4v) is 2.11. The summed E-state index contributed by atoms with van der Waals surface area (Å²) in [5.41, 5.74) is 2.24. The Morgan fingerprint density at radius 2 is 2.00 bits per heavy atom. The predicted molar refractivity (Wildman–Crippen MR) is 73.1 cm³/mol. The smallest absolute Gasteiger partial charge is 0.0802 e. The highest BCUT2D eigenvalue weighted by Crippen LogP contribution is 2.18. The first-order valence-electron chi connectivity index (χ1n) is 6.53. The molecule has 17 heavy (non-hydrogen) atoms. The lowest BCUT2D eigenvalue weighted by atomic mass is 10.0. The van der Waals surface area contributed by atoms with Crippen molar-refractivity contribution >= 4 is 0 Å². The quantitative estimate of drug-likeness (QED) is 0.818. The molecule has 0 aromatic heterocycles. The first-order valence-corrected chi connectivity index (χ1v) is 6.53. The van der Waals surface area contributed by atoms with Crippen molar-refractivity contribution in [3.63, 3.8) is 0 Å². The fourth-order valence-electron chi connectivity index (χ4n) is 2.11. The molecule has 0 radical (unpaired) electrons. The molecule has 96 valence electrons. The van der Waals surface area contributed by atoms with E-state index >= 15 is 0 Å². The molecule has 0 aliphatic heterocycles. The Morgan fingerprint density at radius 3 is 2.53 bits per heavy atom. The minimum Gasteiger partial charge on any atom is -0.388 e. The molecule has 0 aliphatic rings. The van der Waals surface area contributed by atoms with Gasteiger partial charge in [-0.1, -0.05) is 36.8 Å². The van der Waals surface area contributed by atoms with Crippen LogP contribution in [0.2, 0.25) is 0 Å². The molecule has 0 aliphatic carbocycles. The highest BCUT2D eigenvalue weighted by molar-refractivity contribution is 5.23. The summed E-state index contributed by atoms with van der Waals surface area (Å²) in [6.07, 6.45) is 0.456. The maximum Gasteiger partial charge on any atom is 0.0802 e. The molecule has 0 fully saturated rings. The number of aliphatic hydroxyl groups is 1. The van der Waals surface area contributed by atoms with Crippen LogP contribution in [0.4, 0.5) is 0 Å². The third kappa shape index (κ3) is 4.49. The summed E-state index contributed by atoms with van der Waals surface area (Å²) in [6, 6.07) is 8.68. The van der Waals surface area contributed by atoms with Crippen LogP contribution in [-0.2, 0) is 0 Å². The number of hydrogen-bond donors (Lipinski definition) is 1. The zero-order chi connectivity index (χ0) is 12.8. The van der Waals surface area contributed by atoms with E-state index in [0.717, 1.165) is 25.1 Å². The van der Waals surface area contributed by atoms with Crippen LogP contribution in [0, 0.1) is 6.92 Å². The maximum atomic E-state index is 10.1. The van der Waals surface area contributed by atoms with Crippen molar-refractivity contribution in [3.8, 4) is 0 Å². The van der Waals surface area contributed by atoms with Gasteiger partial charge >= 0.3 is 0 Å². The third-order valence-electron chi connectivity index (χ3n) is 3.25. The topological polar surface area (TPSA) is 23.5 Å². The minimum absolute atomic E-state index is 0.345. The maximum absolute atomic E-state index is 10.1. The lowest BCUT2D eigenvalue weighted by molar-refractivity contribution is 0.133. The summed E-state index contributed by atoms with van der Waals surface area (Å²) < 4.78 is 0. The van der Waals surface area contributed by atoms with E-state index in [-0.39, 0.29) is 6.10 Å². The molecule has 1 aromatic carbocycles. The van der Waals surface area contributed by atoms with Crippen LogP contribution in [-0.4, -0.2) is 29.1 Å². The number of rotatable bonds is 6. The predicted octanol–water partition coefficient (Wildman–Crippen LogP) is 3.15. The molecule has 1 unspecified atom stereocenters. The zero-order valence-corrected chi connectivity index (χ0v) is 11.5. The SMILES string of the molecule is CCN(CCC(O)c1cccc(C)c1)C(C)C. The van der Waals surface area contributed by atoms with Crippen molar-refractivity contribution in [3.05, 3.63) is 35.4 Å². The van der Waals surface area contributed by atoms with E-state index in [4.69, 9.17) is 0 Å². The summed E-state index contributed by atoms with van der Waals surface area (Å²) in [7, 11) is 0. The van der Waals surface area contributed by atoms with Gasteiger partial charge in [0.25, 0.3) is 0 Å². The van der Waals surface area contributed by atoms with E-state index in [1.54, 1.807) is 0 Å². The highest BCUT2D eigenvalue weighted by atomic mass is 16.3.